The first kappa shape index (κ1) is 19.3. The first-order chi connectivity index (χ1) is 13.5. The monoisotopic (exact) mass is 400 g/mol. The summed E-state index contributed by atoms with van der Waals surface area (Å²) in [6.07, 6.45) is 6.78. The van der Waals surface area contributed by atoms with Gasteiger partial charge in [-0.1, -0.05) is 6.07 Å². The number of hydrogen-bond donors (Lipinski definition) is 1. The van der Waals surface area contributed by atoms with E-state index in [-0.39, 0.29) is 6.10 Å². The minimum atomic E-state index is -3.58. The van der Waals surface area contributed by atoms with Crippen LogP contribution in [0.1, 0.15) is 36.8 Å². The number of methoxy groups -OCH3 is 1. The highest BCUT2D eigenvalue weighted by atomic mass is 32.2. The van der Waals surface area contributed by atoms with Crippen LogP contribution in [0.25, 0.3) is 0 Å². The van der Waals surface area contributed by atoms with E-state index in [0.29, 0.717) is 10.6 Å². The summed E-state index contributed by atoms with van der Waals surface area (Å²) in [7, 11) is -1.82. The fourth-order valence-corrected chi connectivity index (χ4v) is 5.31. The molecule has 2 aromatic carbocycles. The third-order valence-corrected chi connectivity index (χ3v) is 7.21. The van der Waals surface area contributed by atoms with Crippen molar-refractivity contribution in [3.63, 3.8) is 0 Å². The Morgan fingerprint density at radius 1 is 1.00 bits per heavy atom. The van der Waals surface area contributed by atoms with Crippen LogP contribution < -0.4 is 9.62 Å². The summed E-state index contributed by atoms with van der Waals surface area (Å²) in [6.45, 7) is 1.87. The number of benzene rings is 2. The Morgan fingerprint density at radius 2 is 1.75 bits per heavy atom. The number of sulfonamides is 1. The van der Waals surface area contributed by atoms with Gasteiger partial charge in [0.2, 0.25) is 0 Å². The van der Waals surface area contributed by atoms with Crippen LogP contribution in [0.4, 0.5) is 11.4 Å². The van der Waals surface area contributed by atoms with Gasteiger partial charge in [-0.15, -0.1) is 0 Å². The van der Waals surface area contributed by atoms with Gasteiger partial charge in [0.05, 0.1) is 11.0 Å². The Balaban J connectivity index is 1.47. The summed E-state index contributed by atoms with van der Waals surface area (Å²) in [5, 5.41) is 0. The Kier molecular flexibility index (Phi) is 5.60. The summed E-state index contributed by atoms with van der Waals surface area (Å²) in [6, 6.07) is 13.1. The highest BCUT2D eigenvalue weighted by Crippen LogP contribution is 2.27. The van der Waals surface area contributed by atoms with Gasteiger partial charge in [-0.05, 0) is 86.1 Å². The van der Waals surface area contributed by atoms with Crippen LogP contribution in [0.5, 0.6) is 0 Å². The van der Waals surface area contributed by atoms with Gasteiger partial charge in [0.25, 0.3) is 10.0 Å². The number of aryl methyl sites for hydroxylation is 2. The van der Waals surface area contributed by atoms with E-state index in [1.807, 2.05) is 36.4 Å². The number of anilines is 2. The third kappa shape index (κ3) is 4.18. The van der Waals surface area contributed by atoms with Crippen LogP contribution in [0.2, 0.25) is 0 Å². The zero-order valence-electron chi connectivity index (χ0n) is 16.4. The molecule has 1 fully saturated rings. The van der Waals surface area contributed by atoms with Gasteiger partial charge in [0.1, 0.15) is 0 Å². The standard InChI is InChI=1S/C22H28N2O3S/c1-27-21-7-4-14-24(16-21)20-11-9-19(10-12-20)23-28(25,26)22-13-8-17-5-2-3-6-18(17)15-22/h8-13,15,21,23H,2-7,14,16H2,1H3. The second-order valence-electron chi connectivity index (χ2n) is 7.74. The minimum absolute atomic E-state index is 0.260. The molecule has 28 heavy (non-hydrogen) atoms. The van der Waals surface area contributed by atoms with Crippen LogP contribution in [0.15, 0.2) is 47.4 Å². The van der Waals surface area contributed by atoms with Crippen molar-refractivity contribution in [2.45, 2.75) is 49.5 Å². The van der Waals surface area contributed by atoms with E-state index in [4.69, 9.17) is 4.74 Å². The molecule has 1 N–H and O–H groups in total. The smallest absolute Gasteiger partial charge is 0.261 e. The maximum absolute atomic E-state index is 12.8. The molecule has 1 aliphatic heterocycles. The van der Waals surface area contributed by atoms with Crippen molar-refractivity contribution in [2.24, 2.45) is 0 Å². The molecular formula is C22H28N2O3S. The number of fused-ring (bicyclic) bond motifs is 1. The summed E-state index contributed by atoms with van der Waals surface area (Å²) >= 11 is 0. The fourth-order valence-electron chi connectivity index (χ4n) is 4.20. The average Bonchev–Trinajstić information content (AvgIpc) is 2.73. The number of rotatable bonds is 5. The lowest BCUT2D eigenvalue weighted by Gasteiger charge is -2.33. The van der Waals surface area contributed by atoms with Crippen LogP contribution in [-0.4, -0.2) is 34.7 Å². The van der Waals surface area contributed by atoms with Gasteiger partial charge in [-0.25, -0.2) is 8.42 Å². The Morgan fingerprint density at radius 3 is 2.50 bits per heavy atom. The van der Waals surface area contributed by atoms with E-state index in [2.05, 4.69) is 9.62 Å². The van der Waals surface area contributed by atoms with Crippen LogP contribution >= 0.6 is 0 Å². The summed E-state index contributed by atoms with van der Waals surface area (Å²) < 4.78 is 33.8. The first-order valence-electron chi connectivity index (χ1n) is 10.1. The number of hydrogen-bond acceptors (Lipinski definition) is 4. The van der Waals surface area contributed by atoms with Crippen molar-refractivity contribution < 1.29 is 13.2 Å². The van der Waals surface area contributed by atoms with Crippen LogP contribution in [-0.2, 0) is 27.6 Å². The number of nitrogens with one attached hydrogen (secondary N) is 1. The zero-order valence-corrected chi connectivity index (χ0v) is 17.2. The van der Waals surface area contributed by atoms with E-state index in [0.717, 1.165) is 50.9 Å². The number of nitrogens with zero attached hydrogens (tertiary/aromatic N) is 1. The molecule has 6 heteroatoms. The minimum Gasteiger partial charge on any atom is -0.380 e. The predicted molar refractivity (Wildman–Crippen MR) is 113 cm³/mol. The predicted octanol–water partition coefficient (Wildman–Crippen LogP) is 3.98. The maximum Gasteiger partial charge on any atom is 0.261 e. The van der Waals surface area contributed by atoms with Crippen molar-refractivity contribution >= 4 is 21.4 Å². The molecule has 1 heterocycles. The van der Waals surface area contributed by atoms with E-state index in [1.54, 1.807) is 13.2 Å². The molecule has 2 aromatic rings. The number of piperidine rings is 1. The topological polar surface area (TPSA) is 58.6 Å². The van der Waals surface area contributed by atoms with E-state index >= 15 is 0 Å². The first-order valence-corrected chi connectivity index (χ1v) is 11.6. The molecule has 0 amide bonds. The van der Waals surface area contributed by atoms with Gasteiger partial charge in [0, 0.05) is 31.6 Å². The zero-order chi connectivity index (χ0) is 19.6. The molecule has 0 saturated carbocycles. The molecule has 1 saturated heterocycles. The summed E-state index contributed by atoms with van der Waals surface area (Å²) in [5.41, 5.74) is 4.13. The van der Waals surface area contributed by atoms with Gasteiger partial charge >= 0.3 is 0 Å². The molecule has 1 unspecified atom stereocenters. The highest BCUT2D eigenvalue weighted by molar-refractivity contribution is 7.92. The van der Waals surface area contributed by atoms with Crippen molar-refractivity contribution in [3.8, 4) is 0 Å². The molecule has 1 atom stereocenters. The fraction of sp³-hybridized carbons (Fsp3) is 0.455. The SMILES string of the molecule is COC1CCCN(c2ccc(NS(=O)(=O)c3ccc4c(c3)CCCC4)cc2)C1. The molecular weight excluding hydrogens is 372 g/mol. The molecule has 1 aliphatic carbocycles. The lowest BCUT2D eigenvalue weighted by atomic mass is 9.92. The average molecular weight is 401 g/mol. The second kappa shape index (κ2) is 8.13. The molecule has 0 spiro atoms. The molecule has 4 rings (SSSR count). The Labute approximate surface area is 167 Å². The van der Waals surface area contributed by atoms with Gasteiger partial charge in [-0.2, -0.15) is 0 Å². The maximum atomic E-state index is 12.8. The highest BCUT2D eigenvalue weighted by Gasteiger charge is 2.21. The molecule has 150 valence electrons. The Hall–Kier alpha value is -2.05. The van der Waals surface area contributed by atoms with E-state index in [1.165, 1.54) is 17.5 Å². The molecule has 0 bridgehead atoms. The third-order valence-electron chi connectivity index (χ3n) is 5.83. The normalized spacial score (nSPS) is 19.9. The summed E-state index contributed by atoms with van der Waals surface area (Å²) in [4.78, 5) is 2.63. The van der Waals surface area contributed by atoms with Crippen molar-refractivity contribution in [3.05, 3.63) is 53.6 Å². The van der Waals surface area contributed by atoms with Crippen molar-refractivity contribution in [1.29, 1.82) is 0 Å². The van der Waals surface area contributed by atoms with Crippen LogP contribution in [0.3, 0.4) is 0 Å². The molecule has 5 nitrogen and oxygen atoms in total. The second-order valence-corrected chi connectivity index (χ2v) is 9.42. The van der Waals surface area contributed by atoms with Crippen LogP contribution in [0, 0.1) is 0 Å². The summed E-state index contributed by atoms with van der Waals surface area (Å²) in [5.74, 6) is 0. The van der Waals surface area contributed by atoms with Crippen molar-refractivity contribution in [2.75, 3.05) is 29.8 Å². The molecule has 0 aromatic heterocycles. The molecule has 2 aliphatic rings. The van der Waals surface area contributed by atoms with Gasteiger partial charge < -0.3 is 9.64 Å². The van der Waals surface area contributed by atoms with E-state index in [9.17, 15) is 8.42 Å². The lowest BCUT2D eigenvalue weighted by molar-refractivity contribution is 0.0893. The lowest BCUT2D eigenvalue weighted by Crippen LogP contribution is -2.39. The van der Waals surface area contributed by atoms with E-state index < -0.39 is 10.0 Å². The van der Waals surface area contributed by atoms with Crippen molar-refractivity contribution in [1.82, 2.24) is 0 Å². The van der Waals surface area contributed by atoms with Gasteiger partial charge in [0.15, 0.2) is 0 Å². The molecule has 0 radical (unpaired) electrons. The van der Waals surface area contributed by atoms with Gasteiger partial charge in [-0.3, -0.25) is 4.72 Å². The quantitative estimate of drug-likeness (QED) is 0.825. The Bertz CT molecular complexity index is 925. The largest absolute Gasteiger partial charge is 0.380 e. The number of ether oxygens (including phenoxy) is 1.